The minimum Gasteiger partial charge on any atom is -0.314 e. The fourth-order valence-corrected chi connectivity index (χ4v) is 2.30. The topological polar surface area (TPSA) is 12.0 Å². The van der Waals surface area contributed by atoms with E-state index < -0.39 is 0 Å². The highest BCUT2D eigenvalue weighted by atomic mass is 14.9. The van der Waals surface area contributed by atoms with Gasteiger partial charge in [-0.1, -0.05) is 25.5 Å². The molecular weight excluding hydrogens is 194 g/mol. The molecule has 0 aromatic carbocycles. The first-order valence-corrected chi connectivity index (χ1v) is 7.09. The van der Waals surface area contributed by atoms with Crippen LogP contribution in [0.15, 0.2) is 11.6 Å². The predicted molar refractivity (Wildman–Crippen MR) is 72.7 cm³/mol. The van der Waals surface area contributed by atoms with E-state index in [9.17, 15) is 0 Å². The lowest BCUT2D eigenvalue weighted by Gasteiger charge is -2.17. The van der Waals surface area contributed by atoms with Crippen molar-refractivity contribution in [1.29, 1.82) is 0 Å². The van der Waals surface area contributed by atoms with E-state index in [1.165, 1.54) is 51.5 Å². The van der Waals surface area contributed by atoms with Crippen LogP contribution in [-0.4, -0.2) is 12.6 Å². The first-order chi connectivity index (χ1) is 7.68. The summed E-state index contributed by atoms with van der Waals surface area (Å²) in [7, 11) is 0. The van der Waals surface area contributed by atoms with Crippen LogP contribution in [-0.2, 0) is 0 Å². The molecule has 0 spiro atoms. The van der Waals surface area contributed by atoms with Crippen LogP contribution in [0.1, 0.15) is 65.7 Å². The van der Waals surface area contributed by atoms with Crippen LogP contribution in [0.5, 0.6) is 0 Å². The monoisotopic (exact) mass is 223 g/mol. The molecule has 0 aromatic rings. The fourth-order valence-electron chi connectivity index (χ4n) is 2.30. The molecular formula is C15H29N. The van der Waals surface area contributed by atoms with Gasteiger partial charge in [0.25, 0.3) is 0 Å². The lowest BCUT2D eigenvalue weighted by molar-refractivity contribution is 0.451. The van der Waals surface area contributed by atoms with Gasteiger partial charge in [-0.15, -0.1) is 0 Å². The summed E-state index contributed by atoms with van der Waals surface area (Å²) in [4.78, 5) is 0. The van der Waals surface area contributed by atoms with Gasteiger partial charge < -0.3 is 5.32 Å². The van der Waals surface area contributed by atoms with E-state index in [0.717, 1.165) is 5.92 Å². The maximum Gasteiger partial charge on any atom is 0.00389 e. The van der Waals surface area contributed by atoms with E-state index in [1.54, 1.807) is 5.57 Å². The van der Waals surface area contributed by atoms with Crippen LogP contribution in [0.2, 0.25) is 0 Å². The van der Waals surface area contributed by atoms with Gasteiger partial charge in [0.1, 0.15) is 0 Å². The molecule has 16 heavy (non-hydrogen) atoms. The van der Waals surface area contributed by atoms with Gasteiger partial charge >= 0.3 is 0 Å². The third-order valence-electron chi connectivity index (χ3n) is 3.50. The summed E-state index contributed by atoms with van der Waals surface area (Å²) in [6, 6.07) is 0.687. The largest absolute Gasteiger partial charge is 0.314 e. The van der Waals surface area contributed by atoms with Gasteiger partial charge in [0, 0.05) is 6.04 Å². The van der Waals surface area contributed by atoms with E-state index in [1.807, 2.05) is 0 Å². The second-order valence-electron chi connectivity index (χ2n) is 5.68. The number of rotatable bonds is 7. The van der Waals surface area contributed by atoms with Gasteiger partial charge in [-0.3, -0.25) is 0 Å². The zero-order valence-corrected chi connectivity index (χ0v) is 11.4. The SMILES string of the molecule is CC(C)CCC(C)NCCC1=CCCCC1. The Kier molecular flexibility index (Phi) is 6.79. The van der Waals surface area contributed by atoms with Crippen LogP contribution >= 0.6 is 0 Å². The molecule has 1 atom stereocenters. The van der Waals surface area contributed by atoms with Crippen LogP contribution in [0.4, 0.5) is 0 Å². The van der Waals surface area contributed by atoms with Crippen molar-refractivity contribution in [2.75, 3.05) is 6.54 Å². The minimum atomic E-state index is 0.687. The van der Waals surface area contributed by atoms with Crippen molar-refractivity contribution < 1.29 is 0 Å². The number of hydrogen-bond acceptors (Lipinski definition) is 1. The smallest absolute Gasteiger partial charge is 0.00389 e. The Bertz CT molecular complexity index is 205. The van der Waals surface area contributed by atoms with Crippen molar-refractivity contribution in [3.8, 4) is 0 Å². The van der Waals surface area contributed by atoms with Gasteiger partial charge in [0.2, 0.25) is 0 Å². The van der Waals surface area contributed by atoms with Gasteiger partial charge in [0.05, 0.1) is 0 Å². The standard InChI is InChI=1S/C15H29N/c1-13(2)9-10-14(3)16-12-11-15-7-5-4-6-8-15/h7,13-14,16H,4-6,8-12H2,1-3H3. The Morgan fingerprint density at radius 2 is 2.00 bits per heavy atom. The van der Waals surface area contributed by atoms with E-state index >= 15 is 0 Å². The third-order valence-corrected chi connectivity index (χ3v) is 3.50. The second-order valence-corrected chi connectivity index (χ2v) is 5.68. The molecule has 1 aliphatic rings. The van der Waals surface area contributed by atoms with Crippen molar-refractivity contribution in [3.05, 3.63) is 11.6 Å². The summed E-state index contributed by atoms with van der Waals surface area (Å²) >= 11 is 0. The summed E-state index contributed by atoms with van der Waals surface area (Å²) < 4.78 is 0. The van der Waals surface area contributed by atoms with Gasteiger partial charge in [0.15, 0.2) is 0 Å². The summed E-state index contributed by atoms with van der Waals surface area (Å²) in [5, 5.41) is 3.64. The number of hydrogen-bond donors (Lipinski definition) is 1. The van der Waals surface area contributed by atoms with Crippen LogP contribution in [0.25, 0.3) is 0 Å². The van der Waals surface area contributed by atoms with Crippen LogP contribution in [0, 0.1) is 5.92 Å². The molecule has 0 fully saturated rings. The highest BCUT2D eigenvalue weighted by molar-refractivity contribution is 5.05. The molecule has 1 heteroatoms. The van der Waals surface area contributed by atoms with Crippen LogP contribution in [0.3, 0.4) is 0 Å². The molecule has 0 amide bonds. The molecule has 0 radical (unpaired) electrons. The fraction of sp³-hybridized carbons (Fsp3) is 0.867. The molecule has 0 saturated heterocycles. The molecule has 1 nitrogen and oxygen atoms in total. The Morgan fingerprint density at radius 1 is 1.19 bits per heavy atom. The van der Waals surface area contributed by atoms with Gasteiger partial charge in [-0.25, -0.2) is 0 Å². The minimum absolute atomic E-state index is 0.687. The Morgan fingerprint density at radius 3 is 2.62 bits per heavy atom. The third kappa shape index (κ3) is 6.32. The Balaban J connectivity index is 2.03. The summed E-state index contributed by atoms with van der Waals surface area (Å²) in [5.74, 6) is 0.838. The van der Waals surface area contributed by atoms with E-state index in [0.29, 0.717) is 6.04 Å². The van der Waals surface area contributed by atoms with E-state index in [4.69, 9.17) is 0 Å². The molecule has 0 aromatic heterocycles. The summed E-state index contributed by atoms with van der Waals surface area (Å²) in [5.41, 5.74) is 1.69. The number of allylic oxidation sites excluding steroid dienone is 1. The maximum atomic E-state index is 3.64. The predicted octanol–water partition coefficient (Wildman–Crippen LogP) is 4.29. The van der Waals surface area contributed by atoms with Crippen molar-refractivity contribution in [1.82, 2.24) is 5.32 Å². The molecule has 1 rings (SSSR count). The summed E-state index contributed by atoms with van der Waals surface area (Å²) in [6.45, 7) is 8.10. The lowest BCUT2D eigenvalue weighted by atomic mass is 9.97. The normalized spacial score (nSPS) is 18.6. The molecule has 0 aliphatic heterocycles. The average molecular weight is 223 g/mol. The van der Waals surface area contributed by atoms with Crippen LogP contribution < -0.4 is 5.32 Å². The Hall–Kier alpha value is -0.300. The molecule has 0 heterocycles. The van der Waals surface area contributed by atoms with E-state index in [-0.39, 0.29) is 0 Å². The quantitative estimate of drug-likeness (QED) is 0.635. The molecule has 0 bridgehead atoms. The molecule has 94 valence electrons. The van der Waals surface area contributed by atoms with Crippen molar-refractivity contribution in [2.45, 2.75) is 71.8 Å². The average Bonchev–Trinajstić information content (AvgIpc) is 2.28. The van der Waals surface area contributed by atoms with Crippen molar-refractivity contribution >= 4 is 0 Å². The maximum absolute atomic E-state index is 3.64. The highest BCUT2D eigenvalue weighted by Crippen LogP contribution is 2.19. The lowest BCUT2D eigenvalue weighted by Crippen LogP contribution is -2.27. The zero-order valence-electron chi connectivity index (χ0n) is 11.4. The molecule has 0 saturated carbocycles. The zero-order chi connectivity index (χ0) is 11.8. The Labute approximate surface area is 102 Å². The first-order valence-electron chi connectivity index (χ1n) is 7.09. The molecule has 1 N–H and O–H groups in total. The highest BCUT2D eigenvalue weighted by Gasteiger charge is 2.05. The van der Waals surface area contributed by atoms with Gasteiger partial charge in [-0.05, 0) is 64.3 Å². The van der Waals surface area contributed by atoms with E-state index in [2.05, 4.69) is 32.2 Å². The van der Waals surface area contributed by atoms with Crippen molar-refractivity contribution in [2.24, 2.45) is 5.92 Å². The first kappa shape index (κ1) is 13.8. The van der Waals surface area contributed by atoms with Gasteiger partial charge in [-0.2, -0.15) is 0 Å². The number of nitrogens with one attached hydrogen (secondary N) is 1. The molecule has 1 aliphatic carbocycles. The van der Waals surface area contributed by atoms with Crippen molar-refractivity contribution in [3.63, 3.8) is 0 Å². The second kappa shape index (κ2) is 7.89. The summed E-state index contributed by atoms with van der Waals surface area (Å²) in [6.07, 6.45) is 11.9. The molecule has 1 unspecified atom stereocenters.